The van der Waals surface area contributed by atoms with E-state index in [1.165, 1.54) is 25.3 Å². The molecule has 1 aromatic heterocycles. The van der Waals surface area contributed by atoms with E-state index < -0.39 is 16.0 Å². The summed E-state index contributed by atoms with van der Waals surface area (Å²) in [4.78, 5) is 11.8. The molecule has 0 saturated carbocycles. The van der Waals surface area contributed by atoms with Crippen molar-refractivity contribution in [1.29, 1.82) is 0 Å². The SMILES string of the molecule is COC(=O)c1n[nH]c2ccc(NS(=O)(=O)c3ccc(C)c(Cl)c3)cc12. The molecule has 1 heterocycles. The fourth-order valence-electron chi connectivity index (χ4n) is 2.28. The predicted molar refractivity (Wildman–Crippen MR) is 94.4 cm³/mol. The number of hydrogen-bond acceptors (Lipinski definition) is 5. The monoisotopic (exact) mass is 379 g/mol. The van der Waals surface area contributed by atoms with E-state index in [1.54, 1.807) is 25.1 Å². The van der Waals surface area contributed by atoms with Gasteiger partial charge in [-0.1, -0.05) is 17.7 Å². The van der Waals surface area contributed by atoms with Gasteiger partial charge >= 0.3 is 5.97 Å². The van der Waals surface area contributed by atoms with Gasteiger partial charge in [-0.25, -0.2) is 13.2 Å². The lowest BCUT2D eigenvalue weighted by Gasteiger charge is -2.09. The molecule has 0 aliphatic heterocycles. The smallest absolute Gasteiger partial charge is 0.359 e. The number of nitrogens with one attached hydrogen (secondary N) is 2. The second kappa shape index (κ2) is 6.38. The van der Waals surface area contributed by atoms with Crippen LogP contribution < -0.4 is 4.72 Å². The van der Waals surface area contributed by atoms with Crippen molar-refractivity contribution >= 4 is 44.2 Å². The second-order valence-corrected chi connectivity index (χ2v) is 7.43. The molecule has 0 amide bonds. The van der Waals surface area contributed by atoms with Gasteiger partial charge in [0.05, 0.1) is 17.5 Å². The minimum atomic E-state index is -3.82. The van der Waals surface area contributed by atoms with E-state index in [9.17, 15) is 13.2 Å². The number of esters is 1. The molecule has 3 rings (SSSR count). The summed E-state index contributed by atoms with van der Waals surface area (Å²) >= 11 is 6.00. The van der Waals surface area contributed by atoms with E-state index >= 15 is 0 Å². The van der Waals surface area contributed by atoms with Crippen molar-refractivity contribution in [3.63, 3.8) is 0 Å². The van der Waals surface area contributed by atoms with Gasteiger partial charge in [-0.15, -0.1) is 0 Å². The lowest BCUT2D eigenvalue weighted by Crippen LogP contribution is -2.13. The van der Waals surface area contributed by atoms with Gasteiger partial charge in [0.2, 0.25) is 0 Å². The molecule has 25 heavy (non-hydrogen) atoms. The number of carbonyl (C=O) groups excluding carboxylic acids is 1. The van der Waals surface area contributed by atoms with Crippen LogP contribution in [0.25, 0.3) is 10.9 Å². The molecule has 0 saturated heterocycles. The van der Waals surface area contributed by atoms with E-state index in [1.807, 2.05) is 0 Å². The highest BCUT2D eigenvalue weighted by Crippen LogP contribution is 2.25. The van der Waals surface area contributed by atoms with E-state index in [0.717, 1.165) is 5.56 Å². The number of anilines is 1. The molecule has 0 radical (unpaired) electrons. The molecule has 0 spiro atoms. The largest absolute Gasteiger partial charge is 0.464 e. The minimum Gasteiger partial charge on any atom is -0.464 e. The van der Waals surface area contributed by atoms with Crippen molar-refractivity contribution in [1.82, 2.24) is 10.2 Å². The van der Waals surface area contributed by atoms with Crippen LogP contribution in [0.15, 0.2) is 41.3 Å². The first-order valence-electron chi connectivity index (χ1n) is 7.17. The number of benzene rings is 2. The number of methoxy groups -OCH3 is 1. The normalized spacial score (nSPS) is 11.5. The van der Waals surface area contributed by atoms with Crippen molar-refractivity contribution in [2.75, 3.05) is 11.8 Å². The summed E-state index contributed by atoms with van der Waals surface area (Å²) in [5.74, 6) is -0.614. The Balaban J connectivity index is 1.99. The molecule has 0 atom stereocenters. The number of H-pyrrole nitrogens is 1. The van der Waals surface area contributed by atoms with Crippen LogP contribution in [0.3, 0.4) is 0 Å². The molecule has 2 aromatic carbocycles. The molecule has 0 unspecified atom stereocenters. The highest BCUT2D eigenvalue weighted by molar-refractivity contribution is 7.92. The minimum absolute atomic E-state index is 0.0450. The molecule has 130 valence electrons. The van der Waals surface area contributed by atoms with Crippen LogP contribution in [0.5, 0.6) is 0 Å². The van der Waals surface area contributed by atoms with Gasteiger partial charge in [0.25, 0.3) is 10.0 Å². The van der Waals surface area contributed by atoms with Gasteiger partial charge in [-0.2, -0.15) is 5.10 Å². The zero-order chi connectivity index (χ0) is 18.2. The third kappa shape index (κ3) is 3.31. The summed E-state index contributed by atoms with van der Waals surface area (Å²) in [7, 11) is -2.58. The Bertz CT molecular complexity index is 1080. The topological polar surface area (TPSA) is 101 Å². The van der Waals surface area contributed by atoms with Crippen molar-refractivity contribution in [2.45, 2.75) is 11.8 Å². The maximum Gasteiger partial charge on any atom is 0.359 e. The lowest BCUT2D eigenvalue weighted by atomic mass is 10.2. The average Bonchev–Trinajstić information content (AvgIpc) is 2.99. The predicted octanol–water partition coefficient (Wildman–Crippen LogP) is 3.11. The van der Waals surface area contributed by atoms with Crippen LogP contribution in [-0.2, 0) is 14.8 Å². The number of hydrogen-bond donors (Lipinski definition) is 2. The Morgan fingerprint density at radius 2 is 2.00 bits per heavy atom. The third-order valence-corrected chi connectivity index (χ3v) is 5.43. The van der Waals surface area contributed by atoms with E-state index in [0.29, 0.717) is 15.9 Å². The van der Waals surface area contributed by atoms with E-state index in [4.69, 9.17) is 11.6 Å². The molecule has 0 fully saturated rings. The fourth-order valence-corrected chi connectivity index (χ4v) is 3.61. The first-order chi connectivity index (χ1) is 11.8. The van der Waals surface area contributed by atoms with Crippen LogP contribution in [0.2, 0.25) is 5.02 Å². The molecule has 0 aliphatic rings. The Morgan fingerprint density at radius 3 is 2.68 bits per heavy atom. The first kappa shape index (κ1) is 17.2. The molecule has 7 nitrogen and oxygen atoms in total. The number of rotatable bonds is 4. The summed E-state index contributed by atoms with van der Waals surface area (Å²) in [6.07, 6.45) is 0. The molecular formula is C16H14ClN3O4S. The van der Waals surface area contributed by atoms with E-state index in [2.05, 4.69) is 19.7 Å². The fraction of sp³-hybridized carbons (Fsp3) is 0.125. The van der Waals surface area contributed by atoms with Gasteiger partial charge in [-0.05, 0) is 42.8 Å². The molecule has 9 heteroatoms. The van der Waals surface area contributed by atoms with Gasteiger partial charge in [0, 0.05) is 16.1 Å². The highest BCUT2D eigenvalue weighted by atomic mass is 35.5. The number of aromatic nitrogens is 2. The summed E-state index contributed by atoms with van der Waals surface area (Å²) in [5.41, 5.74) is 1.73. The average molecular weight is 380 g/mol. The first-order valence-corrected chi connectivity index (χ1v) is 9.03. The maximum atomic E-state index is 12.5. The maximum absolute atomic E-state index is 12.5. The van der Waals surface area contributed by atoms with Crippen molar-refractivity contribution < 1.29 is 17.9 Å². The molecule has 3 aromatic rings. The van der Waals surface area contributed by atoms with Gasteiger partial charge < -0.3 is 4.74 Å². The Kier molecular flexibility index (Phi) is 4.40. The lowest BCUT2D eigenvalue weighted by molar-refractivity contribution is 0.0596. The number of sulfonamides is 1. The number of aromatic amines is 1. The molecule has 0 bridgehead atoms. The Labute approximate surface area is 149 Å². The number of aryl methyl sites for hydroxylation is 1. The van der Waals surface area contributed by atoms with Crippen LogP contribution >= 0.6 is 11.6 Å². The zero-order valence-corrected chi connectivity index (χ0v) is 14.9. The van der Waals surface area contributed by atoms with E-state index in [-0.39, 0.29) is 16.3 Å². The summed E-state index contributed by atoms with van der Waals surface area (Å²) in [6.45, 7) is 1.79. The second-order valence-electron chi connectivity index (χ2n) is 5.34. The Hall–Kier alpha value is -2.58. The standard InChI is InChI=1S/C16H14ClN3O4S/c1-9-3-5-11(8-13(9)17)25(22,23)20-10-4-6-14-12(7-10)15(19-18-14)16(21)24-2/h3-8,20H,1-2H3,(H,18,19). The van der Waals surface area contributed by atoms with Crippen LogP contribution in [0, 0.1) is 6.92 Å². The zero-order valence-electron chi connectivity index (χ0n) is 13.3. The molecule has 0 aliphatic carbocycles. The van der Waals surface area contributed by atoms with Gasteiger partial charge in [0.15, 0.2) is 5.69 Å². The van der Waals surface area contributed by atoms with Crippen molar-refractivity contribution in [3.05, 3.63) is 52.7 Å². The van der Waals surface area contributed by atoms with Gasteiger partial charge in [-0.3, -0.25) is 9.82 Å². The third-order valence-electron chi connectivity index (χ3n) is 3.65. The number of carbonyl (C=O) groups is 1. The van der Waals surface area contributed by atoms with Crippen molar-refractivity contribution in [3.8, 4) is 0 Å². The number of halogens is 1. The summed E-state index contributed by atoms with van der Waals surface area (Å²) < 4.78 is 32.2. The highest BCUT2D eigenvalue weighted by Gasteiger charge is 2.18. The number of ether oxygens (including phenoxy) is 1. The molecule has 2 N–H and O–H groups in total. The number of nitrogens with zero attached hydrogens (tertiary/aromatic N) is 1. The van der Waals surface area contributed by atoms with Crippen molar-refractivity contribution in [2.24, 2.45) is 0 Å². The quantitative estimate of drug-likeness (QED) is 0.678. The molecular weight excluding hydrogens is 366 g/mol. The summed E-state index contributed by atoms with van der Waals surface area (Å²) in [6, 6.07) is 9.18. The summed E-state index contributed by atoms with van der Waals surface area (Å²) in [5, 5.41) is 7.40. The number of fused-ring (bicyclic) bond motifs is 1. The van der Waals surface area contributed by atoms with Crippen LogP contribution in [0.1, 0.15) is 16.1 Å². The van der Waals surface area contributed by atoms with Crippen LogP contribution in [-0.4, -0.2) is 31.7 Å². The van der Waals surface area contributed by atoms with Crippen LogP contribution in [0.4, 0.5) is 5.69 Å². The Morgan fingerprint density at radius 1 is 1.24 bits per heavy atom. The van der Waals surface area contributed by atoms with Gasteiger partial charge in [0.1, 0.15) is 0 Å².